The van der Waals surface area contributed by atoms with Crippen molar-refractivity contribution in [3.05, 3.63) is 66.1 Å². The Labute approximate surface area is 144 Å². The fourth-order valence-corrected chi connectivity index (χ4v) is 3.49. The van der Waals surface area contributed by atoms with Crippen LogP contribution in [-0.2, 0) is 11.3 Å². The van der Waals surface area contributed by atoms with Gasteiger partial charge in [-0.2, -0.15) is 5.10 Å². The number of hydrogen-bond donors (Lipinski definition) is 1. The third-order valence-electron chi connectivity index (χ3n) is 4.67. The fourth-order valence-electron chi connectivity index (χ4n) is 3.49. The van der Waals surface area contributed by atoms with Gasteiger partial charge in [-0.15, -0.1) is 0 Å². The number of aliphatic hydroxyl groups is 1. The molecule has 5 nitrogen and oxygen atoms in total. The van der Waals surface area contributed by atoms with E-state index in [0.29, 0.717) is 12.0 Å². The molecule has 3 aromatic rings. The highest BCUT2D eigenvalue weighted by molar-refractivity contribution is 5.82. The number of rotatable bonds is 3. The van der Waals surface area contributed by atoms with E-state index >= 15 is 0 Å². The number of β-amino-alcohol motifs (C(OH)–C–C–N with tert-alkyl or cyclic N) is 1. The maximum atomic E-state index is 13.5. The first-order chi connectivity index (χ1) is 12.1. The molecule has 1 saturated heterocycles. The van der Waals surface area contributed by atoms with Gasteiger partial charge in [0.1, 0.15) is 12.4 Å². The van der Waals surface area contributed by atoms with E-state index in [1.54, 1.807) is 27.9 Å². The van der Waals surface area contributed by atoms with Gasteiger partial charge in [0.15, 0.2) is 0 Å². The first-order valence-electron chi connectivity index (χ1n) is 8.25. The Hall–Kier alpha value is -2.73. The highest BCUT2D eigenvalue weighted by Crippen LogP contribution is 2.32. The van der Waals surface area contributed by atoms with Gasteiger partial charge < -0.3 is 10.0 Å². The van der Waals surface area contributed by atoms with Crippen molar-refractivity contribution < 1.29 is 14.3 Å². The fraction of sp³-hybridized carbons (Fsp3) is 0.263. The molecule has 128 valence electrons. The zero-order valence-electron chi connectivity index (χ0n) is 13.5. The molecule has 4 rings (SSSR count). The van der Waals surface area contributed by atoms with Gasteiger partial charge in [0, 0.05) is 11.9 Å². The largest absolute Gasteiger partial charge is 0.391 e. The molecule has 2 heterocycles. The van der Waals surface area contributed by atoms with E-state index in [2.05, 4.69) is 5.10 Å². The van der Waals surface area contributed by atoms with Gasteiger partial charge >= 0.3 is 0 Å². The van der Waals surface area contributed by atoms with Crippen LogP contribution < -0.4 is 0 Å². The Kier molecular flexibility index (Phi) is 3.97. The van der Waals surface area contributed by atoms with Crippen LogP contribution in [0.3, 0.4) is 0 Å². The van der Waals surface area contributed by atoms with Crippen LogP contribution in [0, 0.1) is 5.82 Å². The maximum Gasteiger partial charge on any atom is 0.244 e. The molecule has 0 saturated carbocycles. The summed E-state index contributed by atoms with van der Waals surface area (Å²) < 4.78 is 15.2. The second-order valence-corrected chi connectivity index (χ2v) is 6.37. The van der Waals surface area contributed by atoms with E-state index in [1.165, 1.54) is 12.1 Å². The van der Waals surface area contributed by atoms with Crippen LogP contribution in [0.15, 0.2) is 54.7 Å². The number of aliphatic hydroxyl groups excluding tert-OH is 1. The molecule has 2 unspecified atom stereocenters. The monoisotopic (exact) mass is 339 g/mol. The zero-order valence-corrected chi connectivity index (χ0v) is 13.5. The van der Waals surface area contributed by atoms with Gasteiger partial charge in [-0.25, -0.2) is 4.39 Å². The average Bonchev–Trinajstić information content (AvgIpc) is 3.19. The molecule has 1 amide bonds. The quantitative estimate of drug-likeness (QED) is 0.798. The third-order valence-corrected chi connectivity index (χ3v) is 4.67. The van der Waals surface area contributed by atoms with Crippen LogP contribution >= 0.6 is 0 Å². The van der Waals surface area contributed by atoms with E-state index in [-0.39, 0.29) is 30.9 Å². The van der Waals surface area contributed by atoms with E-state index in [0.717, 1.165) is 10.9 Å². The second kappa shape index (κ2) is 6.29. The molecule has 0 aliphatic carbocycles. The van der Waals surface area contributed by atoms with Crippen molar-refractivity contribution in [3.8, 4) is 0 Å². The van der Waals surface area contributed by atoms with Crippen molar-refractivity contribution in [2.75, 3.05) is 6.54 Å². The molecule has 1 aromatic heterocycles. The number of hydrogen-bond acceptors (Lipinski definition) is 3. The number of likely N-dealkylation sites (tertiary alicyclic amines) is 1. The van der Waals surface area contributed by atoms with Crippen molar-refractivity contribution >= 4 is 16.8 Å². The third kappa shape index (κ3) is 3.00. The smallest absolute Gasteiger partial charge is 0.244 e. The minimum absolute atomic E-state index is 0.0893. The molecule has 0 radical (unpaired) electrons. The van der Waals surface area contributed by atoms with Crippen molar-refractivity contribution in [1.29, 1.82) is 0 Å². The van der Waals surface area contributed by atoms with Gasteiger partial charge in [0.25, 0.3) is 0 Å². The topological polar surface area (TPSA) is 58.4 Å². The highest BCUT2D eigenvalue weighted by Gasteiger charge is 2.35. The van der Waals surface area contributed by atoms with Crippen LogP contribution in [0.2, 0.25) is 0 Å². The first kappa shape index (κ1) is 15.8. The highest BCUT2D eigenvalue weighted by atomic mass is 19.1. The molecule has 0 spiro atoms. The molecular formula is C19H18FN3O2. The number of benzene rings is 2. The van der Waals surface area contributed by atoms with Gasteiger partial charge in [-0.1, -0.05) is 30.3 Å². The standard InChI is InChI=1S/C19H18FN3O2/c20-15-6-3-5-13(8-15)18-9-16(24)11-22(18)19(25)12-23-17-7-2-1-4-14(17)10-21-23/h1-8,10,16,18,24H,9,11-12H2. The molecule has 6 heteroatoms. The van der Waals surface area contributed by atoms with E-state index in [1.807, 2.05) is 24.3 Å². The first-order valence-corrected chi connectivity index (χ1v) is 8.25. The number of amides is 1. The molecular weight excluding hydrogens is 321 g/mol. The predicted octanol–water partition coefficient (Wildman–Crippen LogP) is 2.51. The number of aromatic nitrogens is 2. The second-order valence-electron chi connectivity index (χ2n) is 6.37. The summed E-state index contributed by atoms with van der Waals surface area (Å²) in [6.07, 6.45) is 1.53. The normalized spacial score (nSPS) is 20.3. The van der Waals surface area contributed by atoms with Crippen molar-refractivity contribution in [3.63, 3.8) is 0 Å². The number of carbonyl (C=O) groups is 1. The SMILES string of the molecule is O=C(Cn1ncc2ccccc21)N1CC(O)CC1c1cccc(F)c1. The molecule has 1 fully saturated rings. The van der Waals surface area contributed by atoms with Gasteiger partial charge in [0.2, 0.25) is 5.91 Å². The van der Waals surface area contributed by atoms with E-state index in [4.69, 9.17) is 0 Å². The summed E-state index contributed by atoms with van der Waals surface area (Å²) in [7, 11) is 0. The zero-order chi connectivity index (χ0) is 17.4. The van der Waals surface area contributed by atoms with Crippen molar-refractivity contribution in [1.82, 2.24) is 14.7 Å². The average molecular weight is 339 g/mol. The molecule has 0 bridgehead atoms. The number of carbonyl (C=O) groups excluding carboxylic acids is 1. The summed E-state index contributed by atoms with van der Waals surface area (Å²) in [5.41, 5.74) is 1.59. The van der Waals surface area contributed by atoms with Gasteiger partial charge in [-0.3, -0.25) is 9.48 Å². The molecule has 2 aromatic carbocycles. The van der Waals surface area contributed by atoms with E-state index in [9.17, 15) is 14.3 Å². The summed E-state index contributed by atoms with van der Waals surface area (Å²) in [6, 6.07) is 13.6. The summed E-state index contributed by atoms with van der Waals surface area (Å²) in [5.74, 6) is -0.482. The van der Waals surface area contributed by atoms with Gasteiger partial charge in [0.05, 0.1) is 23.9 Å². The molecule has 1 N–H and O–H groups in total. The number of halogens is 1. The van der Waals surface area contributed by atoms with Crippen LogP contribution in [-0.4, -0.2) is 38.3 Å². The molecule has 25 heavy (non-hydrogen) atoms. The summed E-state index contributed by atoms with van der Waals surface area (Å²) >= 11 is 0. The predicted molar refractivity (Wildman–Crippen MR) is 91.2 cm³/mol. The van der Waals surface area contributed by atoms with Crippen LogP contribution in [0.1, 0.15) is 18.0 Å². The summed E-state index contributed by atoms with van der Waals surface area (Å²) in [5, 5.41) is 15.3. The van der Waals surface area contributed by atoms with Crippen molar-refractivity contribution in [2.45, 2.75) is 25.1 Å². The minimum Gasteiger partial charge on any atom is -0.391 e. The van der Waals surface area contributed by atoms with Crippen LogP contribution in [0.4, 0.5) is 4.39 Å². The number of para-hydroxylation sites is 1. The Morgan fingerprint density at radius 3 is 2.92 bits per heavy atom. The molecule has 1 aliphatic heterocycles. The lowest BCUT2D eigenvalue weighted by Gasteiger charge is -2.25. The lowest BCUT2D eigenvalue weighted by molar-refractivity contribution is -0.133. The van der Waals surface area contributed by atoms with Crippen molar-refractivity contribution in [2.24, 2.45) is 0 Å². The molecule has 2 atom stereocenters. The Balaban J connectivity index is 1.59. The Morgan fingerprint density at radius 2 is 2.08 bits per heavy atom. The summed E-state index contributed by atoms with van der Waals surface area (Å²) in [6.45, 7) is 0.339. The minimum atomic E-state index is -0.605. The maximum absolute atomic E-state index is 13.5. The Morgan fingerprint density at radius 1 is 1.24 bits per heavy atom. The number of fused-ring (bicyclic) bond motifs is 1. The molecule has 1 aliphatic rings. The lowest BCUT2D eigenvalue weighted by Crippen LogP contribution is -2.34. The van der Waals surface area contributed by atoms with Crippen LogP contribution in [0.5, 0.6) is 0 Å². The van der Waals surface area contributed by atoms with Crippen LogP contribution in [0.25, 0.3) is 10.9 Å². The van der Waals surface area contributed by atoms with E-state index < -0.39 is 6.10 Å². The summed E-state index contributed by atoms with van der Waals surface area (Å²) in [4.78, 5) is 14.5. The van der Waals surface area contributed by atoms with Gasteiger partial charge in [-0.05, 0) is 30.2 Å². The lowest BCUT2D eigenvalue weighted by atomic mass is 10.0. The number of nitrogens with zero attached hydrogens (tertiary/aromatic N) is 3. The Bertz CT molecular complexity index is 924.